The van der Waals surface area contributed by atoms with Crippen LogP contribution >= 0.6 is 0 Å². The molecule has 140 valence electrons. The standard InChI is InChI=1S/C17H26N2O6/c1-15(2,3)24-13(22)18-17(12(20)21)9-7-8-10-19(11-17)14(23)25-16(4,5)6/h7-10H,11H2,1-6H3,(H,18,22)(H,20,21). The molecule has 0 aliphatic carbocycles. The largest absolute Gasteiger partial charge is 0.479 e. The maximum Gasteiger partial charge on any atom is 0.414 e. The number of carboxylic acids is 1. The molecule has 0 aromatic rings. The molecule has 0 saturated heterocycles. The van der Waals surface area contributed by atoms with Crippen molar-refractivity contribution in [2.45, 2.75) is 58.3 Å². The van der Waals surface area contributed by atoms with Gasteiger partial charge in [-0.2, -0.15) is 0 Å². The lowest BCUT2D eigenvalue weighted by atomic mass is 9.99. The highest BCUT2D eigenvalue weighted by Gasteiger charge is 2.42. The molecule has 0 aromatic carbocycles. The first-order chi connectivity index (χ1) is 11.2. The van der Waals surface area contributed by atoms with Crippen molar-refractivity contribution < 1.29 is 29.0 Å². The Morgan fingerprint density at radius 2 is 1.60 bits per heavy atom. The molecule has 0 fully saturated rings. The van der Waals surface area contributed by atoms with Crippen LogP contribution in [0.2, 0.25) is 0 Å². The van der Waals surface area contributed by atoms with Crippen molar-refractivity contribution in [3.8, 4) is 0 Å². The second-order valence-electron chi connectivity index (χ2n) is 7.71. The van der Waals surface area contributed by atoms with Crippen molar-refractivity contribution in [1.82, 2.24) is 10.2 Å². The van der Waals surface area contributed by atoms with Crippen LogP contribution in [0, 0.1) is 0 Å². The Labute approximate surface area is 147 Å². The van der Waals surface area contributed by atoms with E-state index in [4.69, 9.17) is 9.47 Å². The van der Waals surface area contributed by atoms with Crippen LogP contribution in [0.3, 0.4) is 0 Å². The van der Waals surface area contributed by atoms with E-state index in [2.05, 4.69) is 5.32 Å². The molecule has 1 aliphatic rings. The number of allylic oxidation sites excluding steroid dienone is 2. The summed E-state index contributed by atoms with van der Waals surface area (Å²) in [6, 6.07) is 0. The van der Waals surface area contributed by atoms with Gasteiger partial charge in [0.25, 0.3) is 0 Å². The van der Waals surface area contributed by atoms with Crippen molar-refractivity contribution in [2.24, 2.45) is 0 Å². The van der Waals surface area contributed by atoms with E-state index >= 15 is 0 Å². The second-order valence-corrected chi connectivity index (χ2v) is 7.71. The Bertz CT molecular complexity index is 597. The molecule has 0 aromatic heterocycles. The van der Waals surface area contributed by atoms with Gasteiger partial charge in [-0.05, 0) is 53.7 Å². The number of rotatable bonds is 2. The third-order valence-electron chi connectivity index (χ3n) is 2.91. The SMILES string of the molecule is CC(C)(C)OC(=O)NC1(C(=O)O)C=CC=CN(C(=O)OC(C)(C)C)C1. The average molecular weight is 354 g/mol. The van der Waals surface area contributed by atoms with E-state index in [0.29, 0.717) is 0 Å². The van der Waals surface area contributed by atoms with Crippen molar-refractivity contribution in [3.05, 3.63) is 24.4 Å². The van der Waals surface area contributed by atoms with Crippen LogP contribution in [0.4, 0.5) is 9.59 Å². The van der Waals surface area contributed by atoms with Crippen LogP contribution in [0.5, 0.6) is 0 Å². The lowest BCUT2D eigenvalue weighted by Gasteiger charge is -2.33. The van der Waals surface area contributed by atoms with E-state index in [1.165, 1.54) is 24.4 Å². The molecule has 25 heavy (non-hydrogen) atoms. The highest BCUT2D eigenvalue weighted by Crippen LogP contribution is 2.19. The Hall–Kier alpha value is -2.51. The van der Waals surface area contributed by atoms with Gasteiger partial charge in [-0.15, -0.1) is 0 Å². The minimum atomic E-state index is -1.84. The number of nitrogens with zero attached hydrogens (tertiary/aromatic N) is 1. The topological polar surface area (TPSA) is 105 Å². The monoisotopic (exact) mass is 354 g/mol. The highest BCUT2D eigenvalue weighted by atomic mass is 16.6. The number of ether oxygens (including phenoxy) is 2. The van der Waals surface area contributed by atoms with Crippen LogP contribution in [-0.2, 0) is 14.3 Å². The van der Waals surface area contributed by atoms with E-state index in [1.54, 1.807) is 41.5 Å². The lowest BCUT2D eigenvalue weighted by Crippen LogP contribution is -2.60. The van der Waals surface area contributed by atoms with Gasteiger partial charge in [0, 0.05) is 6.20 Å². The molecule has 0 bridgehead atoms. The summed E-state index contributed by atoms with van der Waals surface area (Å²) < 4.78 is 10.4. The second kappa shape index (κ2) is 7.16. The van der Waals surface area contributed by atoms with Crippen LogP contribution in [0.1, 0.15) is 41.5 Å². The number of aliphatic carboxylic acids is 1. The highest BCUT2D eigenvalue weighted by molar-refractivity contribution is 5.88. The molecule has 0 saturated carbocycles. The predicted octanol–water partition coefficient (Wildman–Crippen LogP) is 2.66. The summed E-state index contributed by atoms with van der Waals surface area (Å²) in [5.41, 5.74) is -3.38. The predicted molar refractivity (Wildman–Crippen MR) is 91.0 cm³/mol. The lowest BCUT2D eigenvalue weighted by molar-refractivity contribution is -0.143. The van der Waals surface area contributed by atoms with Gasteiger partial charge in [-0.1, -0.05) is 6.08 Å². The third kappa shape index (κ3) is 6.48. The maximum atomic E-state index is 12.3. The van der Waals surface area contributed by atoms with Crippen molar-refractivity contribution in [1.29, 1.82) is 0 Å². The average Bonchev–Trinajstić information content (AvgIpc) is 2.58. The summed E-state index contributed by atoms with van der Waals surface area (Å²) in [7, 11) is 0. The van der Waals surface area contributed by atoms with Gasteiger partial charge in [0.15, 0.2) is 5.54 Å². The number of alkyl carbamates (subject to hydrolysis) is 1. The fourth-order valence-corrected chi connectivity index (χ4v) is 1.95. The molecule has 2 amide bonds. The van der Waals surface area contributed by atoms with E-state index in [-0.39, 0.29) is 6.54 Å². The molecule has 8 nitrogen and oxygen atoms in total. The Morgan fingerprint density at radius 3 is 2.08 bits per heavy atom. The zero-order valence-electron chi connectivity index (χ0n) is 15.5. The normalized spacial score (nSPS) is 20.6. The van der Waals surface area contributed by atoms with Crippen LogP contribution in [0.25, 0.3) is 0 Å². The van der Waals surface area contributed by atoms with Crippen LogP contribution in [0.15, 0.2) is 24.4 Å². The first-order valence-electron chi connectivity index (χ1n) is 7.84. The van der Waals surface area contributed by atoms with Gasteiger partial charge in [0.05, 0.1) is 6.54 Å². The molecule has 1 rings (SSSR count). The fraction of sp³-hybridized carbons (Fsp3) is 0.588. The number of hydrogen-bond acceptors (Lipinski definition) is 5. The number of hydrogen-bond donors (Lipinski definition) is 2. The maximum absolute atomic E-state index is 12.3. The van der Waals surface area contributed by atoms with Crippen molar-refractivity contribution in [3.63, 3.8) is 0 Å². The molecule has 1 atom stereocenters. The number of nitrogens with one attached hydrogen (secondary N) is 1. The van der Waals surface area contributed by atoms with E-state index < -0.39 is 34.9 Å². The van der Waals surface area contributed by atoms with E-state index in [9.17, 15) is 19.5 Å². The first-order valence-corrected chi connectivity index (χ1v) is 7.84. The molecule has 2 N–H and O–H groups in total. The molecular formula is C17H26N2O6. The van der Waals surface area contributed by atoms with Crippen molar-refractivity contribution >= 4 is 18.2 Å². The molecule has 1 aliphatic heterocycles. The van der Waals surface area contributed by atoms with Crippen LogP contribution < -0.4 is 5.32 Å². The minimum absolute atomic E-state index is 0.344. The number of carboxylic acid groups (broad SMARTS) is 1. The molecular weight excluding hydrogens is 328 g/mol. The zero-order valence-corrected chi connectivity index (χ0v) is 15.5. The number of amides is 2. The summed E-state index contributed by atoms with van der Waals surface area (Å²) in [6.07, 6.45) is 4.00. The molecule has 1 unspecified atom stereocenters. The molecule has 1 heterocycles. The van der Waals surface area contributed by atoms with Gasteiger partial charge in [0.2, 0.25) is 0 Å². The van der Waals surface area contributed by atoms with E-state index in [0.717, 1.165) is 4.90 Å². The quantitative estimate of drug-likeness (QED) is 0.790. The summed E-state index contributed by atoms with van der Waals surface area (Å²) in [5, 5.41) is 12.0. The molecule has 0 radical (unpaired) electrons. The summed E-state index contributed by atoms with van der Waals surface area (Å²) >= 11 is 0. The van der Waals surface area contributed by atoms with Gasteiger partial charge in [-0.3, -0.25) is 4.90 Å². The number of carbonyl (C=O) groups excluding carboxylic acids is 2. The van der Waals surface area contributed by atoms with Crippen molar-refractivity contribution in [2.75, 3.05) is 6.54 Å². The van der Waals surface area contributed by atoms with Gasteiger partial charge >= 0.3 is 18.2 Å². The Balaban J connectivity index is 3.04. The Morgan fingerprint density at radius 1 is 1.04 bits per heavy atom. The van der Waals surface area contributed by atoms with E-state index in [1.807, 2.05) is 0 Å². The molecule has 0 spiro atoms. The van der Waals surface area contributed by atoms with Crippen LogP contribution in [-0.4, -0.2) is 51.4 Å². The summed E-state index contributed by atoms with van der Waals surface area (Å²) in [6.45, 7) is 9.76. The third-order valence-corrected chi connectivity index (χ3v) is 2.91. The first kappa shape index (κ1) is 20.5. The Kier molecular flexibility index (Phi) is 5.88. The van der Waals surface area contributed by atoms with Gasteiger partial charge < -0.3 is 19.9 Å². The van der Waals surface area contributed by atoms with Gasteiger partial charge in [-0.25, -0.2) is 14.4 Å². The molecule has 8 heteroatoms. The summed E-state index contributed by atoms with van der Waals surface area (Å²) in [4.78, 5) is 37.3. The fourth-order valence-electron chi connectivity index (χ4n) is 1.95. The number of carbonyl (C=O) groups is 3. The zero-order chi connectivity index (χ0) is 19.5. The summed E-state index contributed by atoms with van der Waals surface area (Å²) in [5.74, 6) is -1.33. The van der Waals surface area contributed by atoms with Gasteiger partial charge in [0.1, 0.15) is 11.2 Å². The smallest absolute Gasteiger partial charge is 0.414 e. The minimum Gasteiger partial charge on any atom is -0.479 e.